The highest BCUT2D eigenvalue weighted by Gasteiger charge is 2.54. The van der Waals surface area contributed by atoms with Gasteiger partial charge >= 0.3 is 5.97 Å². The summed E-state index contributed by atoms with van der Waals surface area (Å²) in [4.78, 5) is 48.1. The molecule has 0 unspecified atom stereocenters. The molecule has 1 fully saturated rings. The zero-order valence-corrected chi connectivity index (χ0v) is 19.2. The van der Waals surface area contributed by atoms with Crippen LogP contribution in [0.2, 0.25) is 0 Å². The van der Waals surface area contributed by atoms with Gasteiger partial charge in [-0.25, -0.2) is 18.9 Å². The largest absolute Gasteiger partial charge is 0.477 e. The summed E-state index contributed by atoms with van der Waals surface area (Å²) < 4.78 is 13.8. The van der Waals surface area contributed by atoms with E-state index >= 15 is 0 Å². The predicted molar refractivity (Wildman–Crippen MR) is 116 cm³/mol. The number of amides is 2. The summed E-state index contributed by atoms with van der Waals surface area (Å²) in [6.07, 6.45) is 0.735. The maximum Gasteiger partial charge on any atom is 0.353 e. The first-order valence-corrected chi connectivity index (χ1v) is 11.5. The number of thioether (sulfide) groups is 1. The molecule has 0 spiro atoms. The predicted octanol–water partition coefficient (Wildman–Crippen LogP) is -0.483. The lowest BCUT2D eigenvalue weighted by molar-refractivity contribution is -0.155. The van der Waals surface area contributed by atoms with Gasteiger partial charge in [0.05, 0.1) is 6.04 Å². The Morgan fingerprint density at radius 2 is 2.29 bits per heavy atom. The zero-order chi connectivity index (χ0) is 24.4. The number of carbonyl (C=O) groups excluding carboxylic acids is 2. The van der Waals surface area contributed by atoms with E-state index < -0.39 is 36.5 Å². The van der Waals surface area contributed by atoms with Gasteiger partial charge < -0.3 is 21.0 Å². The van der Waals surface area contributed by atoms with Gasteiger partial charge in [0.25, 0.3) is 11.8 Å². The average molecular weight is 512 g/mol. The molecule has 2 aliphatic rings. The normalized spacial score (nSPS) is 20.1. The summed E-state index contributed by atoms with van der Waals surface area (Å²) in [5.74, 6) is -2.65. The van der Waals surface area contributed by atoms with E-state index in [1.54, 1.807) is 7.05 Å². The number of nitrogen functional groups attached to an aromatic ring is 1. The van der Waals surface area contributed by atoms with Gasteiger partial charge in [0, 0.05) is 17.3 Å². The van der Waals surface area contributed by atoms with Crippen molar-refractivity contribution in [1.82, 2.24) is 35.4 Å². The molecule has 4 N–H and O–H groups in total. The average Bonchev–Trinajstić information content (AvgIpc) is 3.42. The highest BCUT2D eigenvalue weighted by atomic mass is 32.2. The van der Waals surface area contributed by atoms with Crippen molar-refractivity contribution in [1.29, 1.82) is 0 Å². The molecule has 0 aliphatic carbocycles. The summed E-state index contributed by atoms with van der Waals surface area (Å²) in [6.45, 7) is -1.19. The van der Waals surface area contributed by atoms with Crippen molar-refractivity contribution in [2.75, 3.05) is 19.0 Å². The monoisotopic (exact) mass is 511 g/mol. The van der Waals surface area contributed by atoms with Crippen LogP contribution in [0.25, 0.3) is 0 Å². The highest BCUT2D eigenvalue weighted by molar-refractivity contribution is 8.03. The number of carbonyl (C=O) groups is 3. The number of nitrogens with one attached hydrogen (secondary N) is 1. The molecule has 2 amide bonds. The molecule has 34 heavy (non-hydrogen) atoms. The first kappa shape index (κ1) is 23.6. The van der Waals surface area contributed by atoms with Gasteiger partial charge in [-0.3, -0.25) is 14.5 Å². The second-order valence-electron chi connectivity index (χ2n) is 7.06. The molecule has 2 aliphatic heterocycles. The maximum atomic E-state index is 12.9. The van der Waals surface area contributed by atoms with Crippen molar-refractivity contribution in [3.8, 4) is 0 Å². The molecule has 1 saturated heterocycles. The number of β-lactam (4-membered cyclic amide) rings is 1. The second kappa shape index (κ2) is 9.72. The van der Waals surface area contributed by atoms with E-state index in [4.69, 9.17) is 10.6 Å². The molecule has 2 atom stereocenters. The fourth-order valence-corrected chi connectivity index (χ4v) is 5.02. The molecule has 17 heteroatoms. The minimum absolute atomic E-state index is 0.105. The Hall–Kier alpha value is -3.60. The van der Waals surface area contributed by atoms with Crippen LogP contribution in [0.15, 0.2) is 26.3 Å². The van der Waals surface area contributed by atoms with Gasteiger partial charge in [-0.05, 0) is 23.3 Å². The van der Waals surface area contributed by atoms with Crippen LogP contribution >= 0.6 is 23.1 Å². The van der Waals surface area contributed by atoms with Crippen molar-refractivity contribution in [2.24, 2.45) is 12.2 Å². The molecule has 0 aromatic carbocycles. The van der Waals surface area contributed by atoms with Crippen molar-refractivity contribution >= 4 is 51.7 Å². The van der Waals surface area contributed by atoms with Crippen LogP contribution in [0, 0.1) is 0 Å². The number of tetrazole rings is 1. The molecule has 14 nitrogen and oxygen atoms in total. The molecular formula is C17H18FN9O5S2. The Balaban J connectivity index is 1.53. The third-order valence-corrected chi connectivity index (χ3v) is 6.83. The molecule has 2 aromatic heterocycles. The quantitative estimate of drug-likeness (QED) is 0.170. The van der Waals surface area contributed by atoms with E-state index in [1.165, 1.54) is 10.1 Å². The summed E-state index contributed by atoms with van der Waals surface area (Å²) in [5, 5.41) is 29.1. The minimum Gasteiger partial charge on any atom is -0.477 e. The van der Waals surface area contributed by atoms with Gasteiger partial charge in [0.15, 0.2) is 10.8 Å². The van der Waals surface area contributed by atoms with E-state index in [9.17, 15) is 23.9 Å². The number of nitrogens with zero attached hydrogens (tertiary/aromatic N) is 7. The Kier molecular flexibility index (Phi) is 6.73. The Bertz CT molecular complexity index is 1200. The van der Waals surface area contributed by atoms with Crippen LogP contribution in [0.1, 0.15) is 18.5 Å². The highest BCUT2D eigenvalue weighted by Crippen LogP contribution is 2.42. The number of alkyl halides is 1. The Morgan fingerprint density at radius 1 is 1.50 bits per heavy atom. The van der Waals surface area contributed by atoms with Crippen LogP contribution in [-0.2, 0) is 26.3 Å². The molecule has 0 saturated carbocycles. The van der Waals surface area contributed by atoms with Gasteiger partial charge in [0.1, 0.15) is 30.7 Å². The van der Waals surface area contributed by atoms with E-state index in [1.807, 2.05) is 0 Å². The molecular weight excluding hydrogens is 493 g/mol. The summed E-state index contributed by atoms with van der Waals surface area (Å²) in [5.41, 5.74) is 5.27. The summed E-state index contributed by atoms with van der Waals surface area (Å²) in [6, 6.07) is -1.55. The smallest absolute Gasteiger partial charge is 0.353 e. The van der Waals surface area contributed by atoms with E-state index in [0.29, 0.717) is 22.9 Å². The van der Waals surface area contributed by atoms with Crippen molar-refractivity contribution in [3.63, 3.8) is 0 Å². The SMILES string of the molecule is Cn1nnnc1SC1=C(C(=O)O)N2C(=O)[C@@H](NC(=O)/C(=N/OCCF)c3csc(N)n3)[C@H]2CC1. The maximum absolute atomic E-state index is 12.9. The summed E-state index contributed by atoms with van der Waals surface area (Å²) in [7, 11) is 1.61. The first-order chi connectivity index (χ1) is 16.3. The van der Waals surface area contributed by atoms with Crippen LogP contribution < -0.4 is 11.1 Å². The van der Waals surface area contributed by atoms with Crippen molar-refractivity contribution in [2.45, 2.75) is 30.1 Å². The van der Waals surface area contributed by atoms with Gasteiger partial charge in [-0.2, -0.15) is 0 Å². The number of thiazole rings is 1. The lowest BCUT2D eigenvalue weighted by atomic mass is 9.86. The number of halogens is 1. The van der Waals surface area contributed by atoms with Crippen LogP contribution in [0.3, 0.4) is 0 Å². The van der Waals surface area contributed by atoms with Crippen LogP contribution in [0.5, 0.6) is 0 Å². The third kappa shape index (κ3) is 4.43. The fraction of sp³-hybridized carbons (Fsp3) is 0.412. The number of carboxylic acids is 1. The first-order valence-electron chi connectivity index (χ1n) is 9.79. The Labute approximate surface area is 199 Å². The number of allylic oxidation sites excluding steroid dienone is 1. The van der Waals surface area contributed by atoms with Gasteiger partial charge in [0.2, 0.25) is 5.16 Å². The number of aliphatic carboxylic acids is 1. The number of aryl methyl sites for hydroxylation is 1. The fourth-order valence-electron chi connectivity index (χ4n) is 3.50. The zero-order valence-electron chi connectivity index (χ0n) is 17.5. The van der Waals surface area contributed by atoms with Gasteiger partial charge in [-0.15, -0.1) is 16.4 Å². The molecule has 180 valence electrons. The summed E-state index contributed by atoms with van der Waals surface area (Å²) >= 11 is 2.13. The minimum atomic E-state index is -1.28. The van der Waals surface area contributed by atoms with Crippen LogP contribution in [0.4, 0.5) is 9.52 Å². The number of carboxylic acid groups (broad SMARTS) is 1. The Morgan fingerprint density at radius 3 is 2.91 bits per heavy atom. The standard InChI is InChI=1S/C17H18FN9O5S2/c1-26-17(22-24-25-26)34-9-3-2-8-11(14(29)27(8)12(9)15(30)31)21-13(28)10(23-32-5-4-18)7-6-33-16(19)20-7/h6,8,11H,2-5H2,1H3,(H2,19,20)(H,21,28)(H,30,31)/b23-10+/t8-,11+/m1/s1. The van der Waals surface area contributed by atoms with E-state index in [0.717, 1.165) is 28.0 Å². The van der Waals surface area contributed by atoms with E-state index in [-0.39, 0.29) is 28.8 Å². The number of rotatable bonds is 9. The number of hydrogen-bond acceptors (Lipinski definition) is 12. The number of hydrogen-bond donors (Lipinski definition) is 3. The lowest BCUT2D eigenvalue weighted by Gasteiger charge is -2.49. The number of nitrogens with two attached hydrogens (primary N) is 1. The molecule has 4 heterocycles. The second-order valence-corrected chi connectivity index (χ2v) is 9.01. The molecule has 0 radical (unpaired) electrons. The third-order valence-electron chi connectivity index (χ3n) is 4.98. The number of aromatic nitrogens is 5. The molecule has 0 bridgehead atoms. The van der Waals surface area contributed by atoms with Crippen molar-refractivity contribution in [3.05, 3.63) is 21.7 Å². The van der Waals surface area contributed by atoms with Crippen LogP contribution in [-0.4, -0.2) is 84.1 Å². The topological polar surface area (TPSA) is 191 Å². The molecule has 4 rings (SSSR count). The number of anilines is 1. The number of fused-ring (bicyclic) bond motifs is 1. The number of oxime groups is 1. The molecule has 2 aromatic rings. The van der Waals surface area contributed by atoms with E-state index in [2.05, 4.69) is 31.0 Å². The van der Waals surface area contributed by atoms with Gasteiger partial charge in [-0.1, -0.05) is 16.9 Å². The van der Waals surface area contributed by atoms with Crippen molar-refractivity contribution < 1.29 is 28.7 Å². The lowest BCUT2D eigenvalue weighted by Crippen LogP contribution is -2.72.